The van der Waals surface area contributed by atoms with Crippen molar-refractivity contribution in [2.45, 2.75) is 30.8 Å². The quantitative estimate of drug-likeness (QED) is 0.859. The first-order valence-corrected chi connectivity index (χ1v) is 9.55. The Morgan fingerprint density at radius 2 is 1.84 bits per heavy atom. The number of hydrogen-bond donors (Lipinski definition) is 2. The van der Waals surface area contributed by atoms with E-state index in [-0.39, 0.29) is 10.8 Å². The Bertz CT molecular complexity index is 857. The molecule has 7 heteroatoms. The van der Waals surface area contributed by atoms with E-state index in [1.807, 2.05) is 19.1 Å². The van der Waals surface area contributed by atoms with E-state index in [4.69, 9.17) is 4.74 Å². The number of aryl methyl sites for hydroxylation is 1. The summed E-state index contributed by atoms with van der Waals surface area (Å²) >= 11 is 0. The molecule has 1 aliphatic rings. The van der Waals surface area contributed by atoms with Gasteiger partial charge in [-0.1, -0.05) is 18.2 Å². The van der Waals surface area contributed by atoms with Crippen molar-refractivity contribution in [3.05, 3.63) is 54.1 Å². The van der Waals surface area contributed by atoms with Gasteiger partial charge in [0.15, 0.2) is 0 Å². The zero-order chi connectivity index (χ0) is 17.9. The van der Waals surface area contributed by atoms with Crippen LogP contribution >= 0.6 is 0 Å². The summed E-state index contributed by atoms with van der Waals surface area (Å²) in [4.78, 5) is 12.1. The fourth-order valence-corrected chi connectivity index (χ4v) is 3.75. The van der Waals surface area contributed by atoms with Crippen LogP contribution in [-0.2, 0) is 19.6 Å². The molecule has 1 heterocycles. The molecule has 3 rings (SSSR count). The molecule has 1 fully saturated rings. The number of carbonyl (C=O) groups excluding carboxylic acids is 1. The van der Waals surface area contributed by atoms with Crippen LogP contribution in [0, 0.1) is 6.92 Å². The fraction of sp³-hybridized carbons (Fsp3) is 0.278. The van der Waals surface area contributed by atoms with Crippen LogP contribution in [0.3, 0.4) is 0 Å². The molecule has 1 unspecified atom stereocenters. The molecule has 1 atom stereocenters. The number of nitrogens with one attached hydrogen (secondary N) is 2. The SMILES string of the molecule is Cc1ccccc1NS(=O)(=O)c1ccc(NC(=O)C2CCCO2)cc1. The van der Waals surface area contributed by atoms with E-state index in [2.05, 4.69) is 10.0 Å². The van der Waals surface area contributed by atoms with Crippen LogP contribution in [0.25, 0.3) is 0 Å². The van der Waals surface area contributed by atoms with E-state index in [1.165, 1.54) is 12.1 Å². The average molecular weight is 360 g/mol. The van der Waals surface area contributed by atoms with Crippen molar-refractivity contribution in [2.24, 2.45) is 0 Å². The predicted octanol–water partition coefficient (Wildman–Crippen LogP) is 2.91. The van der Waals surface area contributed by atoms with E-state index < -0.39 is 16.1 Å². The Balaban J connectivity index is 1.70. The van der Waals surface area contributed by atoms with Crippen LogP contribution in [0.4, 0.5) is 11.4 Å². The first kappa shape index (κ1) is 17.4. The molecule has 25 heavy (non-hydrogen) atoms. The summed E-state index contributed by atoms with van der Waals surface area (Å²) in [5.74, 6) is -0.203. The summed E-state index contributed by atoms with van der Waals surface area (Å²) in [5.41, 5.74) is 1.92. The largest absolute Gasteiger partial charge is 0.368 e. The lowest BCUT2D eigenvalue weighted by molar-refractivity contribution is -0.124. The Labute approximate surface area is 147 Å². The van der Waals surface area contributed by atoms with Gasteiger partial charge >= 0.3 is 0 Å². The molecule has 0 aliphatic carbocycles. The third-order valence-corrected chi connectivity index (χ3v) is 5.43. The van der Waals surface area contributed by atoms with Crippen molar-refractivity contribution in [1.82, 2.24) is 0 Å². The third kappa shape index (κ3) is 4.18. The van der Waals surface area contributed by atoms with Gasteiger partial charge in [0, 0.05) is 12.3 Å². The first-order valence-electron chi connectivity index (χ1n) is 8.07. The molecule has 1 saturated heterocycles. The van der Waals surface area contributed by atoms with E-state index in [1.54, 1.807) is 24.3 Å². The van der Waals surface area contributed by atoms with Crippen LogP contribution in [0.2, 0.25) is 0 Å². The van der Waals surface area contributed by atoms with Crippen LogP contribution in [0.5, 0.6) is 0 Å². The highest BCUT2D eigenvalue weighted by Gasteiger charge is 2.23. The summed E-state index contributed by atoms with van der Waals surface area (Å²) in [7, 11) is -3.68. The predicted molar refractivity (Wildman–Crippen MR) is 96.0 cm³/mol. The van der Waals surface area contributed by atoms with Gasteiger partial charge in [0.05, 0.1) is 10.6 Å². The second kappa shape index (κ2) is 7.25. The standard InChI is InChI=1S/C18H20N2O4S/c1-13-5-2-3-6-16(13)20-25(22,23)15-10-8-14(9-11-15)19-18(21)17-7-4-12-24-17/h2-3,5-6,8-11,17,20H,4,7,12H2,1H3,(H,19,21). The highest BCUT2D eigenvalue weighted by atomic mass is 32.2. The molecular weight excluding hydrogens is 340 g/mol. The molecule has 2 N–H and O–H groups in total. The van der Waals surface area contributed by atoms with Crippen LogP contribution < -0.4 is 10.0 Å². The number of carbonyl (C=O) groups is 1. The Kier molecular flexibility index (Phi) is 5.06. The van der Waals surface area contributed by atoms with Crippen LogP contribution in [-0.4, -0.2) is 27.0 Å². The maximum absolute atomic E-state index is 12.5. The number of para-hydroxylation sites is 1. The smallest absolute Gasteiger partial charge is 0.261 e. The van der Waals surface area contributed by atoms with Gasteiger partial charge in [0.1, 0.15) is 6.10 Å². The normalized spacial score (nSPS) is 17.2. The van der Waals surface area contributed by atoms with Crippen LogP contribution in [0.1, 0.15) is 18.4 Å². The Morgan fingerprint density at radius 3 is 2.48 bits per heavy atom. The van der Waals surface area contributed by atoms with Crippen molar-refractivity contribution in [3.8, 4) is 0 Å². The average Bonchev–Trinajstić information content (AvgIpc) is 3.12. The minimum atomic E-state index is -3.68. The topological polar surface area (TPSA) is 84.5 Å². The molecule has 1 aliphatic heterocycles. The minimum absolute atomic E-state index is 0.130. The summed E-state index contributed by atoms with van der Waals surface area (Å²) in [5, 5.41) is 2.74. The molecule has 0 radical (unpaired) electrons. The lowest BCUT2D eigenvalue weighted by Crippen LogP contribution is -2.26. The van der Waals surface area contributed by atoms with E-state index in [9.17, 15) is 13.2 Å². The van der Waals surface area contributed by atoms with Gasteiger partial charge < -0.3 is 10.1 Å². The van der Waals surface area contributed by atoms with Crippen molar-refractivity contribution < 1.29 is 17.9 Å². The van der Waals surface area contributed by atoms with Crippen molar-refractivity contribution >= 4 is 27.3 Å². The van der Waals surface area contributed by atoms with Crippen molar-refractivity contribution in [2.75, 3.05) is 16.6 Å². The molecule has 1 amide bonds. The van der Waals surface area contributed by atoms with Gasteiger partial charge in [-0.3, -0.25) is 9.52 Å². The third-order valence-electron chi connectivity index (χ3n) is 4.04. The summed E-state index contributed by atoms with van der Waals surface area (Å²) in [6.07, 6.45) is 1.16. The monoisotopic (exact) mass is 360 g/mol. The number of rotatable bonds is 5. The lowest BCUT2D eigenvalue weighted by Gasteiger charge is -2.12. The number of amides is 1. The number of sulfonamides is 1. The molecule has 0 spiro atoms. The molecule has 0 saturated carbocycles. The molecule has 0 aromatic heterocycles. The summed E-state index contributed by atoms with van der Waals surface area (Å²) in [6, 6.07) is 13.2. The van der Waals surface area contributed by atoms with Gasteiger partial charge in [-0.05, 0) is 55.7 Å². The molecular formula is C18H20N2O4S. The molecule has 6 nitrogen and oxygen atoms in total. The Morgan fingerprint density at radius 1 is 1.12 bits per heavy atom. The second-order valence-electron chi connectivity index (χ2n) is 5.94. The Hall–Kier alpha value is -2.38. The fourth-order valence-electron chi connectivity index (χ4n) is 2.62. The highest BCUT2D eigenvalue weighted by Crippen LogP contribution is 2.21. The maximum atomic E-state index is 12.5. The number of hydrogen-bond acceptors (Lipinski definition) is 4. The second-order valence-corrected chi connectivity index (χ2v) is 7.62. The van der Waals surface area contributed by atoms with E-state index in [0.29, 0.717) is 24.4 Å². The van der Waals surface area contributed by atoms with Crippen molar-refractivity contribution in [3.63, 3.8) is 0 Å². The summed E-state index contributed by atoms with van der Waals surface area (Å²) in [6.45, 7) is 2.43. The van der Waals surface area contributed by atoms with Gasteiger partial charge in [0.2, 0.25) is 0 Å². The molecule has 132 valence electrons. The number of benzene rings is 2. The number of ether oxygens (including phenoxy) is 1. The molecule has 0 bridgehead atoms. The first-order chi connectivity index (χ1) is 12.0. The molecule has 2 aromatic carbocycles. The van der Waals surface area contributed by atoms with Gasteiger partial charge in [-0.25, -0.2) is 8.42 Å². The van der Waals surface area contributed by atoms with E-state index >= 15 is 0 Å². The zero-order valence-corrected chi connectivity index (χ0v) is 14.7. The van der Waals surface area contributed by atoms with E-state index in [0.717, 1.165) is 12.0 Å². The minimum Gasteiger partial charge on any atom is -0.368 e. The highest BCUT2D eigenvalue weighted by molar-refractivity contribution is 7.92. The van der Waals surface area contributed by atoms with Crippen molar-refractivity contribution in [1.29, 1.82) is 0 Å². The van der Waals surface area contributed by atoms with Crippen LogP contribution in [0.15, 0.2) is 53.4 Å². The van der Waals surface area contributed by atoms with Gasteiger partial charge in [0.25, 0.3) is 15.9 Å². The number of anilines is 2. The molecule has 2 aromatic rings. The summed E-state index contributed by atoms with van der Waals surface area (Å²) < 4.78 is 32.9. The van der Waals surface area contributed by atoms with Gasteiger partial charge in [-0.2, -0.15) is 0 Å². The maximum Gasteiger partial charge on any atom is 0.261 e. The zero-order valence-electron chi connectivity index (χ0n) is 13.9. The van der Waals surface area contributed by atoms with Gasteiger partial charge in [-0.15, -0.1) is 0 Å². The lowest BCUT2D eigenvalue weighted by atomic mass is 10.2.